The summed E-state index contributed by atoms with van der Waals surface area (Å²) >= 11 is 0. The van der Waals surface area contributed by atoms with Crippen molar-refractivity contribution in [1.82, 2.24) is 0 Å². The Labute approximate surface area is 95.0 Å². The Bertz CT molecular complexity index is 465. The fourth-order valence-electron chi connectivity index (χ4n) is 1.97. The molecule has 1 aliphatic rings. The van der Waals surface area contributed by atoms with E-state index in [0.29, 0.717) is 11.3 Å². The molecule has 0 heterocycles. The van der Waals surface area contributed by atoms with Gasteiger partial charge in [-0.2, -0.15) is 0 Å². The molecular formula is C11H15NO3S. The van der Waals surface area contributed by atoms with Gasteiger partial charge >= 0.3 is 0 Å². The first kappa shape index (κ1) is 11.6. The maximum absolute atomic E-state index is 12.2. The molecule has 5 heteroatoms. The topological polar surface area (TPSA) is 80.4 Å². The molecule has 1 aliphatic carbocycles. The molecule has 2 atom stereocenters. The van der Waals surface area contributed by atoms with Gasteiger partial charge in [0.15, 0.2) is 9.84 Å². The van der Waals surface area contributed by atoms with Crippen LogP contribution in [0.25, 0.3) is 0 Å². The summed E-state index contributed by atoms with van der Waals surface area (Å²) in [4.78, 5) is 0.309. The minimum Gasteiger partial charge on any atom is -0.396 e. The first-order chi connectivity index (χ1) is 7.57. The van der Waals surface area contributed by atoms with Gasteiger partial charge in [0.05, 0.1) is 16.8 Å². The lowest BCUT2D eigenvalue weighted by Crippen LogP contribution is -2.27. The van der Waals surface area contributed by atoms with Gasteiger partial charge in [-0.05, 0) is 18.6 Å². The van der Waals surface area contributed by atoms with Crippen LogP contribution < -0.4 is 5.73 Å². The Morgan fingerprint density at radius 1 is 1.38 bits per heavy atom. The highest BCUT2D eigenvalue weighted by Crippen LogP contribution is 2.51. The minimum atomic E-state index is -3.34. The molecule has 1 aromatic rings. The van der Waals surface area contributed by atoms with Crippen LogP contribution in [0.3, 0.4) is 0 Å². The second kappa shape index (κ2) is 3.84. The summed E-state index contributed by atoms with van der Waals surface area (Å²) in [6.45, 7) is 0.0421. The average Bonchev–Trinajstić information content (AvgIpc) is 3.06. The molecule has 1 saturated carbocycles. The zero-order valence-corrected chi connectivity index (χ0v) is 9.65. The molecule has 0 aromatic heterocycles. The Hall–Kier alpha value is -0.910. The number of aliphatic hydroxyl groups is 1. The van der Waals surface area contributed by atoms with Crippen molar-refractivity contribution >= 4 is 9.84 Å². The van der Waals surface area contributed by atoms with Crippen molar-refractivity contribution in [1.29, 1.82) is 0 Å². The van der Waals surface area contributed by atoms with E-state index in [1.165, 1.54) is 0 Å². The molecule has 3 N–H and O–H groups in total. The zero-order chi connectivity index (χ0) is 11.8. The average molecular weight is 241 g/mol. The summed E-state index contributed by atoms with van der Waals surface area (Å²) in [5.41, 5.74) is 4.90. The van der Waals surface area contributed by atoms with Crippen molar-refractivity contribution in [2.24, 2.45) is 11.1 Å². The Balaban J connectivity index is 2.30. The lowest BCUT2D eigenvalue weighted by atomic mass is 10.1. The largest absolute Gasteiger partial charge is 0.396 e. The maximum Gasteiger partial charge on any atom is 0.181 e. The standard InChI is InChI=1S/C11H15NO3S/c12-7-11(8-13)6-10(11)16(14,15)9-4-2-1-3-5-9/h1-5,10,13H,6-8,12H2/t10-,11-/m1/s1. The van der Waals surface area contributed by atoms with Crippen LogP contribution in [0.4, 0.5) is 0 Å². The van der Waals surface area contributed by atoms with E-state index in [2.05, 4.69) is 0 Å². The van der Waals surface area contributed by atoms with Gasteiger partial charge in [-0.3, -0.25) is 0 Å². The third-order valence-electron chi connectivity index (χ3n) is 3.28. The molecule has 16 heavy (non-hydrogen) atoms. The van der Waals surface area contributed by atoms with Gasteiger partial charge in [-0.15, -0.1) is 0 Å². The van der Waals surface area contributed by atoms with Gasteiger partial charge in [0, 0.05) is 12.0 Å². The van der Waals surface area contributed by atoms with Crippen LogP contribution in [0.5, 0.6) is 0 Å². The van der Waals surface area contributed by atoms with Crippen LogP contribution in [-0.4, -0.2) is 31.9 Å². The summed E-state index contributed by atoms with van der Waals surface area (Å²) in [5.74, 6) is 0. The monoisotopic (exact) mass is 241 g/mol. The van der Waals surface area contributed by atoms with E-state index in [-0.39, 0.29) is 13.2 Å². The van der Waals surface area contributed by atoms with E-state index in [1.807, 2.05) is 0 Å². The number of hydrogen-bond donors (Lipinski definition) is 2. The maximum atomic E-state index is 12.2. The van der Waals surface area contributed by atoms with Crippen molar-refractivity contribution in [2.45, 2.75) is 16.6 Å². The molecule has 0 unspecified atom stereocenters. The second-order valence-corrected chi connectivity index (χ2v) is 6.41. The number of nitrogens with two attached hydrogens (primary N) is 1. The normalized spacial score (nSPS) is 29.0. The van der Waals surface area contributed by atoms with E-state index in [0.717, 1.165) is 0 Å². The summed E-state index contributed by atoms with van der Waals surface area (Å²) in [6, 6.07) is 8.31. The molecule has 1 fully saturated rings. The van der Waals surface area contributed by atoms with Crippen molar-refractivity contribution in [3.05, 3.63) is 30.3 Å². The van der Waals surface area contributed by atoms with Crippen LogP contribution in [0.15, 0.2) is 35.2 Å². The second-order valence-electron chi connectivity index (χ2n) is 4.28. The molecule has 4 nitrogen and oxygen atoms in total. The third kappa shape index (κ3) is 1.65. The fourth-order valence-corrected chi connectivity index (χ4v) is 4.21. The molecule has 2 rings (SSSR count). The zero-order valence-electron chi connectivity index (χ0n) is 8.83. The quantitative estimate of drug-likeness (QED) is 0.787. The lowest BCUT2D eigenvalue weighted by Gasteiger charge is -2.11. The van der Waals surface area contributed by atoms with Crippen LogP contribution in [0, 0.1) is 5.41 Å². The van der Waals surface area contributed by atoms with Gasteiger partial charge in [0.2, 0.25) is 0 Å². The van der Waals surface area contributed by atoms with Gasteiger partial charge in [-0.1, -0.05) is 18.2 Å². The molecule has 1 aromatic carbocycles. The van der Waals surface area contributed by atoms with Gasteiger partial charge in [-0.25, -0.2) is 8.42 Å². The lowest BCUT2D eigenvalue weighted by molar-refractivity contribution is 0.217. The predicted octanol–water partition coefficient (Wildman–Crippen LogP) is 0.170. The Morgan fingerprint density at radius 3 is 2.44 bits per heavy atom. The van der Waals surface area contributed by atoms with Crippen molar-refractivity contribution in [3.8, 4) is 0 Å². The van der Waals surface area contributed by atoms with Crippen molar-refractivity contribution in [3.63, 3.8) is 0 Å². The smallest absolute Gasteiger partial charge is 0.181 e. The van der Waals surface area contributed by atoms with E-state index < -0.39 is 20.5 Å². The molecule has 0 aliphatic heterocycles. The van der Waals surface area contributed by atoms with E-state index in [1.54, 1.807) is 30.3 Å². The number of rotatable bonds is 4. The molecule has 0 saturated heterocycles. The molecular weight excluding hydrogens is 226 g/mol. The first-order valence-corrected chi connectivity index (χ1v) is 6.71. The third-order valence-corrected chi connectivity index (χ3v) is 5.63. The van der Waals surface area contributed by atoms with E-state index in [9.17, 15) is 13.5 Å². The van der Waals surface area contributed by atoms with E-state index in [4.69, 9.17) is 5.73 Å². The van der Waals surface area contributed by atoms with Crippen LogP contribution >= 0.6 is 0 Å². The molecule has 0 spiro atoms. The molecule has 0 radical (unpaired) electrons. The molecule has 0 amide bonds. The summed E-state index contributed by atoms with van der Waals surface area (Å²) in [6.07, 6.45) is 0.456. The minimum absolute atomic E-state index is 0.166. The number of sulfone groups is 1. The highest BCUT2D eigenvalue weighted by molar-refractivity contribution is 7.92. The highest BCUT2D eigenvalue weighted by atomic mass is 32.2. The predicted molar refractivity (Wildman–Crippen MR) is 60.6 cm³/mol. The van der Waals surface area contributed by atoms with Gasteiger partial charge < -0.3 is 10.8 Å². The van der Waals surface area contributed by atoms with Crippen molar-refractivity contribution < 1.29 is 13.5 Å². The number of hydrogen-bond acceptors (Lipinski definition) is 4. The summed E-state index contributed by atoms with van der Waals surface area (Å²) in [5, 5.41) is 8.66. The highest BCUT2D eigenvalue weighted by Gasteiger charge is 2.60. The van der Waals surface area contributed by atoms with Crippen molar-refractivity contribution in [2.75, 3.05) is 13.2 Å². The number of aliphatic hydroxyl groups excluding tert-OH is 1. The molecule has 0 bridgehead atoms. The summed E-state index contributed by atoms with van der Waals surface area (Å²) in [7, 11) is -3.34. The fraction of sp³-hybridized carbons (Fsp3) is 0.455. The van der Waals surface area contributed by atoms with Crippen LogP contribution in [-0.2, 0) is 9.84 Å². The van der Waals surface area contributed by atoms with E-state index >= 15 is 0 Å². The summed E-state index contributed by atoms with van der Waals surface area (Å²) < 4.78 is 24.3. The first-order valence-electron chi connectivity index (χ1n) is 5.17. The van der Waals surface area contributed by atoms with Crippen LogP contribution in [0.2, 0.25) is 0 Å². The molecule has 88 valence electrons. The Kier molecular flexibility index (Phi) is 2.77. The van der Waals surface area contributed by atoms with Crippen LogP contribution in [0.1, 0.15) is 6.42 Å². The number of benzene rings is 1. The van der Waals surface area contributed by atoms with Gasteiger partial charge in [0.25, 0.3) is 0 Å². The Morgan fingerprint density at radius 2 is 2.00 bits per heavy atom. The van der Waals surface area contributed by atoms with Gasteiger partial charge in [0.1, 0.15) is 0 Å². The SMILES string of the molecule is NC[C@@]1(CO)C[C@H]1S(=O)(=O)c1ccccc1.